The molecule has 5 nitrogen and oxygen atoms in total. The monoisotopic (exact) mass is 308 g/mol. The van der Waals surface area contributed by atoms with Crippen LogP contribution in [0.15, 0.2) is 22.7 Å². The SMILES string of the molecule is Nc1nc(NC2CCOC2)c2ccc(Br)cc2n1. The van der Waals surface area contributed by atoms with Crippen LogP contribution in [0, 0.1) is 0 Å². The van der Waals surface area contributed by atoms with E-state index in [0.29, 0.717) is 12.6 Å². The fourth-order valence-corrected chi connectivity index (χ4v) is 2.42. The molecular formula is C12H13BrN4O. The molecule has 1 fully saturated rings. The zero-order chi connectivity index (χ0) is 12.5. The van der Waals surface area contributed by atoms with Crippen LogP contribution in [-0.4, -0.2) is 29.2 Å². The van der Waals surface area contributed by atoms with Gasteiger partial charge in [-0.25, -0.2) is 4.98 Å². The molecule has 3 rings (SSSR count). The highest BCUT2D eigenvalue weighted by atomic mass is 79.9. The first kappa shape index (κ1) is 11.7. The Kier molecular flexibility index (Phi) is 3.05. The Morgan fingerprint density at radius 3 is 3.06 bits per heavy atom. The number of rotatable bonds is 2. The molecule has 1 unspecified atom stereocenters. The van der Waals surface area contributed by atoms with Crippen LogP contribution in [0.3, 0.4) is 0 Å². The van der Waals surface area contributed by atoms with E-state index >= 15 is 0 Å². The molecule has 94 valence electrons. The number of fused-ring (bicyclic) bond motifs is 1. The van der Waals surface area contributed by atoms with Gasteiger partial charge in [0.25, 0.3) is 0 Å². The molecule has 1 aliphatic rings. The summed E-state index contributed by atoms with van der Waals surface area (Å²) in [6.45, 7) is 1.50. The Balaban J connectivity index is 2.03. The van der Waals surface area contributed by atoms with Crippen LogP contribution >= 0.6 is 15.9 Å². The third-order valence-electron chi connectivity index (χ3n) is 2.95. The Morgan fingerprint density at radius 2 is 2.28 bits per heavy atom. The number of hydrogen-bond acceptors (Lipinski definition) is 5. The minimum atomic E-state index is 0.280. The predicted molar refractivity (Wildman–Crippen MR) is 74.5 cm³/mol. The molecule has 1 aromatic heterocycles. The zero-order valence-electron chi connectivity index (χ0n) is 9.69. The lowest BCUT2D eigenvalue weighted by molar-refractivity contribution is 0.195. The standard InChI is InChI=1S/C12H13BrN4O/c13-7-1-2-9-10(5-7)16-12(14)17-11(9)15-8-3-4-18-6-8/h1-2,5,8H,3-4,6H2,(H3,14,15,16,17). The van der Waals surface area contributed by atoms with Crippen molar-refractivity contribution in [2.24, 2.45) is 0 Å². The molecule has 0 bridgehead atoms. The second kappa shape index (κ2) is 4.70. The van der Waals surface area contributed by atoms with Gasteiger partial charge in [0.05, 0.1) is 18.2 Å². The molecule has 0 aliphatic carbocycles. The van der Waals surface area contributed by atoms with E-state index in [1.807, 2.05) is 18.2 Å². The van der Waals surface area contributed by atoms with E-state index in [1.165, 1.54) is 0 Å². The lowest BCUT2D eigenvalue weighted by Crippen LogP contribution is -2.20. The summed E-state index contributed by atoms with van der Waals surface area (Å²) in [5.74, 6) is 1.06. The molecule has 1 atom stereocenters. The van der Waals surface area contributed by atoms with Crippen LogP contribution in [-0.2, 0) is 4.74 Å². The summed E-state index contributed by atoms with van der Waals surface area (Å²) in [7, 11) is 0. The normalized spacial score (nSPS) is 19.3. The first-order valence-corrected chi connectivity index (χ1v) is 6.59. The summed E-state index contributed by atoms with van der Waals surface area (Å²) in [4.78, 5) is 8.52. The highest BCUT2D eigenvalue weighted by Crippen LogP contribution is 2.25. The van der Waals surface area contributed by atoms with Crippen molar-refractivity contribution >= 4 is 38.6 Å². The van der Waals surface area contributed by atoms with Crippen molar-refractivity contribution in [3.63, 3.8) is 0 Å². The number of nitrogens with one attached hydrogen (secondary N) is 1. The molecular weight excluding hydrogens is 296 g/mol. The van der Waals surface area contributed by atoms with Crippen LogP contribution in [0.2, 0.25) is 0 Å². The van der Waals surface area contributed by atoms with E-state index in [0.717, 1.165) is 34.2 Å². The highest BCUT2D eigenvalue weighted by Gasteiger charge is 2.17. The molecule has 1 aromatic carbocycles. The Labute approximate surface area is 113 Å². The van der Waals surface area contributed by atoms with E-state index in [1.54, 1.807) is 0 Å². The number of benzene rings is 1. The lowest BCUT2D eigenvalue weighted by Gasteiger charge is -2.13. The second-order valence-corrected chi connectivity index (χ2v) is 5.21. The van der Waals surface area contributed by atoms with Gasteiger partial charge < -0.3 is 15.8 Å². The second-order valence-electron chi connectivity index (χ2n) is 4.30. The predicted octanol–water partition coefficient (Wildman–Crippen LogP) is 2.18. The Bertz CT molecular complexity index is 578. The summed E-state index contributed by atoms with van der Waals surface area (Å²) < 4.78 is 6.32. The average Bonchev–Trinajstić information content (AvgIpc) is 2.80. The number of nitrogens with two attached hydrogens (primary N) is 1. The fourth-order valence-electron chi connectivity index (χ4n) is 2.07. The number of ether oxygens (including phenoxy) is 1. The summed E-state index contributed by atoms with van der Waals surface area (Å²) in [6.07, 6.45) is 0.988. The molecule has 2 aromatic rings. The third-order valence-corrected chi connectivity index (χ3v) is 3.44. The van der Waals surface area contributed by atoms with E-state index in [-0.39, 0.29) is 5.95 Å². The summed E-state index contributed by atoms with van der Waals surface area (Å²) >= 11 is 3.43. The number of anilines is 2. The van der Waals surface area contributed by atoms with Crippen LogP contribution < -0.4 is 11.1 Å². The van der Waals surface area contributed by atoms with Gasteiger partial charge in [0.15, 0.2) is 0 Å². The van der Waals surface area contributed by atoms with Crippen molar-refractivity contribution < 1.29 is 4.74 Å². The minimum absolute atomic E-state index is 0.280. The maximum atomic E-state index is 5.74. The largest absolute Gasteiger partial charge is 0.379 e. The molecule has 6 heteroatoms. The lowest BCUT2D eigenvalue weighted by atomic mass is 10.2. The first-order chi connectivity index (χ1) is 8.72. The fraction of sp³-hybridized carbons (Fsp3) is 0.333. The number of halogens is 1. The Morgan fingerprint density at radius 1 is 1.39 bits per heavy atom. The number of nitrogens with zero attached hydrogens (tertiary/aromatic N) is 2. The maximum absolute atomic E-state index is 5.74. The van der Waals surface area contributed by atoms with Gasteiger partial charge >= 0.3 is 0 Å². The Hall–Kier alpha value is -1.40. The van der Waals surface area contributed by atoms with Crippen molar-refractivity contribution in [3.8, 4) is 0 Å². The topological polar surface area (TPSA) is 73.1 Å². The van der Waals surface area contributed by atoms with Gasteiger partial charge in [-0.3, -0.25) is 0 Å². The first-order valence-electron chi connectivity index (χ1n) is 5.79. The molecule has 3 N–H and O–H groups in total. The molecule has 0 spiro atoms. The van der Waals surface area contributed by atoms with E-state index in [2.05, 4.69) is 31.2 Å². The van der Waals surface area contributed by atoms with Gasteiger partial charge in [0.1, 0.15) is 5.82 Å². The van der Waals surface area contributed by atoms with E-state index in [9.17, 15) is 0 Å². The van der Waals surface area contributed by atoms with E-state index in [4.69, 9.17) is 10.5 Å². The van der Waals surface area contributed by atoms with Crippen molar-refractivity contribution in [1.29, 1.82) is 0 Å². The van der Waals surface area contributed by atoms with Crippen LogP contribution in [0.4, 0.5) is 11.8 Å². The van der Waals surface area contributed by atoms with Gasteiger partial charge in [0.2, 0.25) is 5.95 Å². The molecule has 18 heavy (non-hydrogen) atoms. The van der Waals surface area contributed by atoms with Gasteiger partial charge in [-0.15, -0.1) is 0 Å². The minimum Gasteiger partial charge on any atom is -0.379 e. The smallest absolute Gasteiger partial charge is 0.222 e. The molecule has 1 aliphatic heterocycles. The molecule has 2 heterocycles. The van der Waals surface area contributed by atoms with Gasteiger partial charge in [-0.2, -0.15) is 4.98 Å². The maximum Gasteiger partial charge on any atom is 0.222 e. The van der Waals surface area contributed by atoms with Gasteiger partial charge in [0, 0.05) is 16.5 Å². The number of nitrogen functional groups attached to an aromatic ring is 1. The molecule has 1 saturated heterocycles. The molecule has 0 radical (unpaired) electrons. The van der Waals surface area contributed by atoms with Crippen molar-refractivity contribution in [2.45, 2.75) is 12.5 Å². The van der Waals surface area contributed by atoms with Gasteiger partial charge in [-0.1, -0.05) is 15.9 Å². The van der Waals surface area contributed by atoms with Crippen molar-refractivity contribution in [1.82, 2.24) is 9.97 Å². The quantitative estimate of drug-likeness (QED) is 0.889. The van der Waals surface area contributed by atoms with Crippen molar-refractivity contribution in [3.05, 3.63) is 22.7 Å². The number of hydrogen-bond donors (Lipinski definition) is 2. The zero-order valence-corrected chi connectivity index (χ0v) is 11.3. The van der Waals surface area contributed by atoms with Crippen LogP contribution in [0.5, 0.6) is 0 Å². The molecule has 0 saturated carbocycles. The molecule has 0 amide bonds. The highest BCUT2D eigenvalue weighted by molar-refractivity contribution is 9.10. The van der Waals surface area contributed by atoms with Crippen molar-refractivity contribution in [2.75, 3.05) is 24.3 Å². The van der Waals surface area contributed by atoms with E-state index < -0.39 is 0 Å². The number of aromatic nitrogens is 2. The summed E-state index contributed by atoms with van der Waals surface area (Å²) in [5.41, 5.74) is 6.57. The average molecular weight is 309 g/mol. The van der Waals surface area contributed by atoms with Crippen LogP contribution in [0.1, 0.15) is 6.42 Å². The van der Waals surface area contributed by atoms with Gasteiger partial charge in [-0.05, 0) is 24.6 Å². The third kappa shape index (κ3) is 2.26. The summed E-state index contributed by atoms with van der Waals surface area (Å²) in [6, 6.07) is 6.19. The summed E-state index contributed by atoms with van der Waals surface area (Å²) in [5, 5.41) is 4.34. The van der Waals surface area contributed by atoms with Crippen LogP contribution in [0.25, 0.3) is 10.9 Å².